The van der Waals surface area contributed by atoms with Gasteiger partial charge in [-0.05, 0) is 23.4 Å². The van der Waals surface area contributed by atoms with E-state index in [2.05, 4.69) is 5.18 Å². The molecule has 0 aliphatic heterocycles. The number of carboxylic acid groups (broad SMARTS) is 1. The van der Waals surface area contributed by atoms with Crippen molar-refractivity contribution in [3.05, 3.63) is 65.1 Å². The molecule has 1 unspecified atom stereocenters. The second-order valence-corrected chi connectivity index (χ2v) is 3.80. The summed E-state index contributed by atoms with van der Waals surface area (Å²) in [5.41, 5.74) is 0.230. The first-order chi connectivity index (χ1) is 9.22. The Balaban J connectivity index is 2.36. The van der Waals surface area contributed by atoms with Crippen molar-refractivity contribution in [1.29, 1.82) is 0 Å². The van der Waals surface area contributed by atoms with Gasteiger partial charge in [0.25, 0.3) is 0 Å². The van der Waals surface area contributed by atoms with Gasteiger partial charge in [0.2, 0.25) is 6.04 Å². The Bertz CT molecular complexity index is 583. The fraction of sp³-hybridized carbons (Fsp3) is 0.0714. The highest BCUT2D eigenvalue weighted by Crippen LogP contribution is 2.31. The molecule has 0 spiro atoms. The van der Waals surface area contributed by atoms with Crippen LogP contribution in [0.3, 0.4) is 0 Å². The van der Waals surface area contributed by atoms with Crippen molar-refractivity contribution < 1.29 is 14.6 Å². The fourth-order valence-corrected chi connectivity index (χ4v) is 1.65. The van der Waals surface area contributed by atoms with E-state index in [0.717, 1.165) is 0 Å². The van der Waals surface area contributed by atoms with Crippen LogP contribution in [0.25, 0.3) is 0 Å². The average Bonchev–Trinajstić information content (AvgIpc) is 2.42. The van der Waals surface area contributed by atoms with Gasteiger partial charge in [-0.3, -0.25) is 0 Å². The molecule has 19 heavy (non-hydrogen) atoms. The average molecular weight is 257 g/mol. The van der Waals surface area contributed by atoms with Crippen LogP contribution in [0.4, 0.5) is 0 Å². The van der Waals surface area contributed by atoms with E-state index in [1.54, 1.807) is 42.5 Å². The summed E-state index contributed by atoms with van der Waals surface area (Å²) in [4.78, 5) is 21.7. The van der Waals surface area contributed by atoms with E-state index in [1.165, 1.54) is 6.07 Å². The van der Waals surface area contributed by atoms with Crippen molar-refractivity contribution in [3.63, 3.8) is 0 Å². The van der Waals surface area contributed by atoms with Crippen LogP contribution in [0.5, 0.6) is 11.5 Å². The van der Waals surface area contributed by atoms with Crippen molar-refractivity contribution in [2.45, 2.75) is 6.04 Å². The van der Waals surface area contributed by atoms with Crippen molar-refractivity contribution in [2.75, 3.05) is 0 Å². The minimum Gasteiger partial charge on any atom is -0.479 e. The Morgan fingerprint density at radius 3 is 2.32 bits per heavy atom. The van der Waals surface area contributed by atoms with E-state index in [0.29, 0.717) is 11.5 Å². The maximum absolute atomic E-state index is 11.0. The molecule has 0 radical (unpaired) electrons. The lowest BCUT2D eigenvalue weighted by molar-refractivity contribution is -0.138. The molecule has 5 heteroatoms. The van der Waals surface area contributed by atoms with Crippen LogP contribution < -0.4 is 4.74 Å². The number of nitrogens with zero attached hydrogens (tertiary/aromatic N) is 1. The van der Waals surface area contributed by atoms with Crippen LogP contribution in [0.2, 0.25) is 0 Å². The van der Waals surface area contributed by atoms with Crippen LogP contribution in [-0.2, 0) is 4.79 Å². The molecule has 2 aromatic rings. The predicted molar refractivity (Wildman–Crippen MR) is 69.1 cm³/mol. The van der Waals surface area contributed by atoms with Gasteiger partial charge in [0.1, 0.15) is 11.5 Å². The highest BCUT2D eigenvalue weighted by Gasteiger charge is 2.24. The Labute approximate surface area is 109 Å². The van der Waals surface area contributed by atoms with E-state index in [9.17, 15) is 9.70 Å². The summed E-state index contributed by atoms with van der Waals surface area (Å²) >= 11 is 0. The lowest BCUT2D eigenvalue weighted by Crippen LogP contribution is -2.09. The van der Waals surface area contributed by atoms with Gasteiger partial charge in [-0.25, -0.2) is 4.79 Å². The molecule has 0 aromatic heterocycles. The number of nitroso groups, excluding NO2 is 1. The molecule has 0 bridgehead atoms. The van der Waals surface area contributed by atoms with Gasteiger partial charge in [-0.2, -0.15) is 0 Å². The normalized spacial score (nSPS) is 11.6. The molecule has 0 fully saturated rings. The van der Waals surface area contributed by atoms with Crippen molar-refractivity contribution >= 4 is 5.97 Å². The van der Waals surface area contributed by atoms with Gasteiger partial charge >= 0.3 is 5.97 Å². The SMILES string of the molecule is O=NC(C(=O)O)c1ccccc1Oc1ccccc1. The summed E-state index contributed by atoms with van der Waals surface area (Å²) in [7, 11) is 0. The lowest BCUT2D eigenvalue weighted by Gasteiger charge is -2.12. The molecular weight excluding hydrogens is 246 g/mol. The van der Waals surface area contributed by atoms with E-state index < -0.39 is 12.0 Å². The first kappa shape index (κ1) is 12.8. The summed E-state index contributed by atoms with van der Waals surface area (Å²) in [6, 6.07) is 13.9. The molecule has 0 saturated heterocycles. The number of para-hydroxylation sites is 2. The number of carbonyl (C=O) groups is 1. The summed E-state index contributed by atoms with van der Waals surface area (Å²) in [6.45, 7) is 0. The molecule has 0 amide bonds. The van der Waals surface area contributed by atoms with E-state index >= 15 is 0 Å². The summed E-state index contributed by atoms with van der Waals surface area (Å²) in [6.07, 6.45) is 0. The van der Waals surface area contributed by atoms with Crippen LogP contribution >= 0.6 is 0 Å². The third kappa shape index (κ3) is 2.95. The molecule has 0 aliphatic carbocycles. The number of hydrogen-bond donors (Lipinski definition) is 1. The van der Waals surface area contributed by atoms with Gasteiger partial charge in [-0.15, -0.1) is 4.91 Å². The summed E-state index contributed by atoms with van der Waals surface area (Å²) < 4.78 is 5.58. The summed E-state index contributed by atoms with van der Waals surface area (Å²) in [5, 5.41) is 11.6. The van der Waals surface area contributed by atoms with Crippen molar-refractivity contribution in [2.24, 2.45) is 5.18 Å². The van der Waals surface area contributed by atoms with Crippen LogP contribution in [-0.4, -0.2) is 11.1 Å². The van der Waals surface area contributed by atoms with Gasteiger partial charge in [-0.1, -0.05) is 36.4 Å². The van der Waals surface area contributed by atoms with Crippen molar-refractivity contribution in [3.8, 4) is 11.5 Å². The third-order valence-corrected chi connectivity index (χ3v) is 2.52. The second-order valence-electron chi connectivity index (χ2n) is 3.80. The third-order valence-electron chi connectivity index (χ3n) is 2.52. The van der Waals surface area contributed by atoms with Gasteiger partial charge < -0.3 is 9.84 Å². The number of benzene rings is 2. The first-order valence-electron chi connectivity index (χ1n) is 5.59. The second kappa shape index (κ2) is 5.77. The van der Waals surface area contributed by atoms with E-state index in [1.807, 2.05) is 6.07 Å². The molecule has 5 nitrogen and oxygen atoms in total. The highest BCUT2D eigenvalue weighted by atomic mass is 16.5. The predicted octanol–water partition coefficient (Wildman–Crippen LogP) is 3.37. The Kier molecular flexibility index (Phi) is 3.87. The largest absolute Gasteiger partial charge is 0.479 e. The number of rotatable bonds is 5. The Morgan fingerprint density at radius 1 is 1.05 bits per heavy atom. The van der Waals surface area contributed by atoms with Crippen LogP contribution in [0, 0.1) is 4.91 Å². The van der Waals surface area contributed by atoms with E-state index in [-0.39, 0.29) is 5.56 Å². The molecule has 2 rings (SSSR count). The Morgan fingerprint density at radius 2 is 1.68 bits per heavy atom. The molecule has 2 aromatic carbocycles. The number of carboxylic acids is 1. The number of aliphatic carboxylic acids is 1. The smallest absolute Gasteiger partial charge is 0.336 e. The topological polar surface area (TPSA) is 76.0 Å². The van der Waals surface area contributed by atoms with Gasteiger partial charge in [0.05, 0.1) is 0 Å². The minimum absolute atomic E-state index is 0.230. The zero-order valence-corrected chi connectivity index (χ0v) is 9.89. The van der Waals surface area contributed by atoms with Crippen LogP contribution in [0.1, 0.15) is 11.6 Å². The highest BCUT2D eigenvalue weighted by molar-refractivity contribution is 5.76. The quantitative estimate of drug-likeness (QED) is 0.833. The maximum atomic E-state index is 11.0. The van der Waals surface area contributed by atoms with Crippen molar-refractivity contribution in [1.82, 2.24) is 0 Å². The molecule has 1 atom stereocenters. The Hall–Kier alpha value is -2.69. The monoisotopic (exact) mass is 257 g/mol. The van der Waals surface area contributed by atoms with Gasteiger partial charge in [0.15, 0.2) is 0 Å². The zero-order chi connectivity index (χ0) is 13.7. The molecule has 0 aliphatic rings. The standard InChI is InChI=1S/C14H11NO4/c16-14(17)13(15-18)11-8-4-5-9-12(11)19-10-6-2-1-3-7-10/h1-9,13H,(H,16,17). The minimum atomic E-state index is -1.47. The molecule has 0 heterocycles. The fourth-order valence-electron chi connectivity index (χ4n) is 1.65. The van der Waals surface area contributed by atoms with Gasteiger partial charge in [0, 0.05) is 5.56 Å². The summed E-state index contributed by atoms with van der Waals surface area (Å²) in [5.74, 6) is -0.440. The number of hydrogen-bond acceptors (Lipinski definition) is 4. The molecule has 96 valence electrons. The molecule has 0 saturated carbocycles. The number of ether oxygens (including phenoxy) is 1. The van der Waals surface area contributed by atoms with E-state index in [4.69, 9.17) is 9.84 Å². The lowest BCUT2D eigenvalue weighted by atomic mass is 10.1. The first-order valence-corrected chi connectivity index (χ1v) is 5.59. The van der Waals surface area contributed by atoms with Crippen LogP contribution in [0.15, 0.2) is 59.8 Å². The molecular formula is C14H11NO4. The maximum Gasteiger partial charge on any atom is 0.336 e. The molecule has 1 N–H and O–H groups in total. The zero-order valence-electron chi connectivity index (χ0n) is 9.89.